The topological polar surface area (TPSA) is 3.24 Å². The lowest BCUT2D eigenvalue weighted by Crippen LogP contribution is -2.20. The van der Waals surface area contributed by atoms with Crippen LogP contribution in [-0.2, 0) is 0 Å². The summed E-state index contributed by atoms with van der Waals surface area (Å²) in [4.78, 5) is 2.10. The Morgan fingerprint density at radius 1 is 1.67 bits per heavy atom. The summed E-state index contributed by atoms with van der Waals surface area (Å²) in [5.74, 6) is 0. The van der Waals surface area contributed by atoms with Crippen molar-refractivity contribution in [3.63, 3.8) is 0 Å². The Labute approximate surface area is 69.8 Å². The average molecular weight is 245 g/mol. The van der Waals surface area contributed by atoms with Gasteiger partial charge in [-0.15, -0.1) is 0 Å². The normalized spacial score (nSPS) is 14.3. The molecule has 0 fully saturated rings. The predicted molar refractivity (Wildman–Crippen MR) is 46.7 cm³/mol. The lowest BCUT2D eigenvalue weighted by atomic mass is 10.4. The minimum atomic E-state index is -0.684. The van der Waals surface area contributed by atoms with E-state index in [0.717, 1.165) is 13.1 Å². The lowest BCUT2D eigenvalue weighted by Gasteiger charge is -2.12. The van der Waals surface area contributed by atoms with Crippen molar-refractivity contribution in [3.8, 4) is 0 Å². The third-order valence-corrected chi connectivity index (χ3v) is 1.89. The minimum Gasteiger partial charge on any atom is -0.307 e. The van der Waals surface area contributed by atoms with Gasteiger partial charge in [0.25, 0.3) is 0 Å². The first kappa shape index (κ1) is 9.62. The summed E-state index contributed by atoms with van der Waals surface area (Å²) in [6, 6.07) is 0. The maximum absolute atomic E-state index is 12.2. The molecule has 0 aliphatic heterocycles. The Balaban J connectivity index is 3.06. The Morgan fingerprint density at radius 2 is 2.22 bits per heavy atom. The molecule has 1 unspecified atom stereocenters. The Kier molecular flexibility index (Phi) is 5.78. The zero-order valence-electron chi connectivity index (χ0n) is 5.90. The fourth-order valence-electron chi connectivity index (χ4n) is 0.476. The average Bonchev–Trinajstić information content (AvgIpc) is 1.83. The molecule has 0 aromatic rings. The molecule has 1 nitrogen and oxygen atoms in total. The van der Waals surface area contributed by atoms with Gasteiger partial charge in [-0.3, -0.25) is 0 Å². The summed E-state index contributed by atoms with van der Waals surface area (Å²) < 4.78 is 11.5. The van der Waals surface area contributed by atoms with Gasteiger partial charge < -0.3 is 4.90 Å². The Hall–Kier alpha value is 0.620. The van der Waals surface area contributed by atoms with Crippen LogP contribution in [0.3, 0.4) is 0 Å². The molecule has 0 aliphatic carbocycles. The van der Waals surface area contributed by atoms with E-state index in [1.54, 1.807) is 22.6 Å². The number of halogens is 2. The van der Waals surface area contributed by atoms with Crippen LogP contribution in [0.15, 0.2) is 0 Å². The van der Waals surface area contributed by atoms with Gasteiger partial charge in [0, 0.05) is 13.0 Å². The van der Waals surface area contributed by atoms with Crippen molar-refractivity contribution in [2.24, 2.45) is 0 Å². The summed E-state index contributed by atoms with van der Waals surface area (Å²) in [6.45, 7) is 3.93. The van der Waals surface area contributed by atoms with Crippen molar-refractivity contribution in [2.75, 3.05) is 20.1 Å². The van der Waals surface area contributed by atoms with E-state index in [9.17, 15) is 4.39 Å². The highest BCUT2D eigenvalue weighted by atomic mass is 127. The molecule has 0 spiro atoms. The minimum absolute atomic E-state index is 0.644. The van der Waals surface area contributed by atoms with Crippen LogP contribution < -0.4 is 0 Å². The predicted octanol–water partition coefficient (Wildman–Crippen LogP) is 2.06. The van der Waals surface area contributed by atoms with Gasteiger partial charge in [-0.2, -0.15) is 0 Å². The molecule has 0 amide bonds. The highest BCUT2D eigenvalue weighted by Crippen LogP contribution is 2.06. The van der Waals surface area contributed by atoms with Crippen molar-refractivity contribution in [2.45, 2.75) is 17.5 Å². The second kappa shape index (κ2) is 5.41. The van der Waals surface area contributed by atoms with Crippen LogP contribution in [0.25, 0.3) is 0 Å². The van der Waals surface area contributed by atoms with Gasteiger partial charge in [0.2, 0.25) is 0 Å². The lowest BCUT2D eigenvalue weighted by molar-refractivity contribution is 0.317. The molecular weight excluding hydrogens is 232 g/mol. The fraction of sp³-hybridized carbons (Fsp3) is 1.00. The molecule has 3 heteroatoms. The molecule has 1 atom stereocenters. The number of nitrogens with zero attached hydrogens (tertiary/aromatic N) is 1. The highest BCUT2D eigenvalue weighted by Gasteiger charge is 2.00. The van der Waals surface area contributed by atoms with Crippen LogP contribution >= 0.6 is 22.6 Å². The number of hydrogen-bond donors (Lipinski definition) is 0. The second-order valence-corrected chi connectivity index (χ2v) is 3.43. The van der Waals surface area contributed by atoms with Crippen molar-refractivity contribution in [3.05, 3.63) is 0 Å². The molecule has 9 heavy (non-hydrogen) atoms. The van der Waals surface area contributed by atoms with E-state index in [1.807, 2.05) is 7.05 Å². The van der Waals surface area contributed by atoms with Crippen LogP contribution in [0.1, 0.15) is 13.3 Å². The number of rotatable bonds is 4. The van der Waals surface area contributed by atoms with E-state index < -0.39 is 4.18 Å². The molecule has 0 bridgehead atoms. The summed E-state index contributed by atoms with van der Waals surface area (Å²) in [5, 5.41) is 0. The largest absolute Gasteiger partial charge is 0.307 e. The fourth-order valence-corrected chi connectivity index (χ4v) is 0.755. The van der Waals surface area contributed by atoms with E-state index in [0.29, 0.717) is 6.42 Å². The molecule has 0 radical (unpaired) electrons. The smallest absolute Gasteiger partial charge is 0.152 e. The number of hydrogen-bond acceptors (Lipinski definition) is 1. The summed E-state index contributed by atoms with van der Waals surface area (Å²) in [6.07, 6.45) is 0.644. The van der Waals surface area contributed by atoms with Crippen LogP contribution in [0.2, 0.25) is 0 Å². The van der Waals surface area contributed by atoms with E-state index in [2.05, 4.69) is 11.8 Å². The van der Waals surface area contributed by atoms with Crippen LogP contribution in [0, 0.1) is 0 Å². The van der Waals surface area contributed by atoms with Gasteiger partial charge in [-0.25, -0.2) is 4.39 Å². The van der Waals surface area contributed by atoms with Crippen LogP contribution in [0.4, 0.5) is 4.39 Å². The summed E-state index contributed by atoms with van der Waals surface area (Å²) in [5.41, 5.74) is 0. The molecule has 0 aromatic carbocycles. The second-order valence-electron chi connectivity index (χ2n) is 2.08. The van der Waals surface area contributed by atoms with Crippen LogP contribution in [0.5, 0.6) is 0 Å². The van der Waals surface area contributed by atoms with Gasteiger partial charge in [0.1, 0.15) is 0 Å². The molecule has 0 rings (SSSR count). The quantitative estimate of drug-likeness (QED) is 0.541. The first-order valence-electron chi connectivity index (χ1n) is 3.13. The van der Waals surface area contributed by atoms with E-state index in [4.69, 9.17) is 0 Å². The molecule has 0 heterocycles. The monoisotopic (exact) mass is 245 g/mol. The summed E-state index contributed by atoms with van der Waals surface area (Å²) in [7, 11) is 2.00. The van der Waals surface area contributed by atoms with Gasteiger partial charge in [-0.05, 0) is 36.2 Å². The molecule has 0 saturated carbocycles. The summed E-state index contributed by atoms with van der Waals surface area (Å²) >= 11 is 1.80. The molecule has 0 saturated heterocycles. The van der Waals surface area contributed by atoms with Gasteiger partial charge in [0.15, 0.2) is 4.18 Å². The van der Waals surface area contributed by atoms with Gasteiger partial charge >= 0.3 is 0 Å². The Bertz CT molecular complexity index is 68.1. The van der Waals surface area contributed by atoms with Crippen molar-refractivity contribution >= 4 is 22.6 Å². The van der Waals surface area contributed by atoms with Gasteiger partial charge in [0.05, 0.1) is 0 Å². The van der Waals surface area contributed by atoms with Gasteiger partial charge in [-0.1, -0.05) is 6.92 Å². The third-order valence-electron chi connectivity index (χ3n) is 1.27. The van der Waals surface area contributed by atoms with Crippen molar-refractivity contribution in [1.82, 2.24) is 4.90 Å². The third kappa shape index (κ3) is 6.51. The molecule has 0 N–H and O–H groups in total. The zero-order chi connectivity index (χ0) is 7.28. The zero-order valence-corrected chi connectivity index (χ0v) is 8.06. The first-order valence-corrected chi connectivity index (χ1v) is 4.38. The maximum Gasteiger partial charge on any atom is 0.152 e. The standard InChI is InChI=1S/C6H13FIN/c1-3-9(2)5-4-6(7)8/h6H,3-5H2,1-2H3. The first-order chi connectivity index (χ1) is 4.16. The maximum atomic E-state index is 12.2. The molecular formula is C6H13FIN. The van der Waals surface area contributed by atoms with Crippen LogP contribution in [-0.4, -0.2) is 29.2 Å². The SMILES string of the molecule is CCN(C)CCC(F)I. The van der Waals surface area contributed by atoms with Crippen molar-refractivity contribution in [1.29, 1.82) is 0 Å². The highest BCUT2D eigenvalue weighted by molar-refractivity contribution is 14.1. The number of alkyl halides is 2. The van der Waals surface area contributed by atoms with Crippen molar-refractivity contribution < 1.29 is 4.39 Å². The van der Waals surface area contributed by atoms with E-state index in [-0.39, 0.29) is 0 Å². The molecule has 56 valence electrons. The van der Waals surface area contributed by atoms with E-state index >= 15 is 0 Å². The van der Waals surface area contributed by atoms with E-state index in [1.165, 1.54) is 0 Å². The molecule has 0 aromatic heterocycles. The molecule has 0 aliphatic rings. The Morgan fingerprint density at radius 3 is 2.56 bits per heavy atom.